The zero-order valence-electron chi connectivity index (χ0n) is 52.7. The molecule has 0 radical (unpaired) electrons. The Morgan fingerprint density at radius 3 is 1.98 bits per heavy atom. The molecule has 12 atom stereocenters. The van der Waals surface area contributed by atoms with Crippen molar-refractivity contribution in [1.82, 2.24) is 41.4 Å². The Bertz CT molecular complexity index is 2510. The number of amides is 8. The van der Waals surface area contributed by atoms with Crippen molar-refractivity contribution in [3.63, 3.8) is 0 Å². The number of allylic oxidation sites excluding steroid dienone is 2. The van der Waals surface area contributed by atoms with Crippen LogP contribution in [0.2, 0.25) is 0 Å². The van der Waals surface area contributed by atoms with Crippen molar-refractivity contribution < 1.29 is 57.4 Å². The average molecular weight is 1190 g/mol. The molecule has 0 aromatic heterocycles. The number of anilines is 1. The summed E-state index contributed by atoms with van der Waals surface area (Å²) >= 11 is 0. The molecule has 3 aliphatic rings. The molecule has 85 heavy (non-hydrogen) atoms. The lowest BCUT2D eigenvalue weighted by molar-refractivity contribution is -0.148. The third kappa shape index (κ3) is 20.3. The highest BCUT2D eigenvalue weighted by Gasteiger charge is 2.49. The van der Waals surface area contributed by atoms with E-state index in [9.17, 15) is 38.4 Å². The van der Waals surface area contributed by atoms with Gasteiger partial charge in [-0.05, 0) is 118 Å². The topological polar surface area (TPSA) is 255 Å². The summed E-state index contributed by atoms with van der Waals surface area (Å²) in [4.78, 5) is 120. The number of carbonyl (C=O) groups excluding carboxylic acids is 8. The average Bonchev–Trinajstić information content (AvgIpc) is 2.31. The molecular weight excluding hydrogens is 1090 g/mol. The van der Waals surface area contributed by atoms with Crippen LogP contribution >= 0.6 is 0 Å². The summed E-state index contributed by atoms with van der Waals surface area (Å²) in [6.45, 7) is 15.9. The summed E-state index contributed by atoms with van der Waals surface area (Å²) in [5.41, 5.74) is 4.42. The van der Waals surface area contributed by atoms with E-state index >= 15 is 0 Å². The number of likely N-dealkylation sites (N-methyl/N-ethyl adjacent to an activating group) is 2. The van der Waals surface area contributed by atoms with Crippen LogP contribution in [0.25, 0.3) is 0 Å². The van der Waals surface area contributed by atoms with Gasteiger partial charge in [0.15, 0.2) is 0 Å². The van der Waals surface area contributed by atoms with Crippen LogP contribution in [0, 0.1) is 41.4 Å². The van der Waals surface area contributed by atoms with Crippen molar-refractivity contribution >= 4 is 53.1 Å². The van der Waals surface area contributed by atoms with Gasteiger partial charge in [0.1, 0.15) is 18.1 Å². The number of benzene rings is 2. The number of rotatable bonds is 32. The summed E-state index contributed by atoms with van der Waals surface area (Å²) in [5.74, 6) is -2.13. The normalized spacial score (nSPS) is 20.6. The highest BCUT2D eigenvalue weighted by atomic mass is 16.7. The van der Waals surface area contributed by atoms with Gasteiger partial charge < -0.3 is 50.6 Å². The molecule has 21 heteroatoms. The Morgan fingerprint density at radius 2 is 1.39 bits per heavy atom. The maximum absolute atomic E-state index is 14.5. The number of methoxy groups -OCH3 is 2. The molecule has 12 unspecified atom stereocenters. The van der Waals surface area contributed by atoms with Gasteiger partial charge in [0.25, 0.3) is 5.91 Å². The van der Waals surface area contributed by atoms with Gasteiger partial charge in [-0.3, -0.25) is 43.3 Å². The zero-order chi connectivity index (χ0) is 62.5. The minimum absolute atomic E-state index is 0.00766. The minimum Gasteiger partial charge on any atom is -0.449 e. The fraction of sp³-hybridized carbons (Fsp3) is 0.656. The number of nitrogens with zero attached hydrogens (tertiary/aromatic N) is 3. The maximum atomic E-state index is 14.5. The summed E-state index contributed by atoms with van der Waals surface area (Å²) < 4.78 is 17.6. The van der Waals surface area contributed by atoms with Crippen LogP contribution in [-0.2, 0) is 65.6 Å². The summed E-state index contributed by atoms with van der Waals surface area (Å²) in [5, 5.41) is 14.0. The van der Waals surface area contributed by atoms with E-state index in [0.717, 1.165) is 31.2 Å². The SMILES string of the molecule is CCC(C)C(C(CC(=O)N1CCCC1C(OC)C(C)C(=O)NC(Cc1ccccc1)C(=O)NOCc1ccc(NC(=O)C(C)NC(=O)CCNC(=O)OCC2C3CCC=CCCC32)cc1)OC)N(C)C(=O)C(NC(=O)C(C(C)C)N(C)C)C(C)C. The largest absolute Gasteiger partial charge is 0.449 e. The van der Waals surface area contributed by atoms with E-state index in [0.29, 0.717) is 61.4 Å². The van der Waals surface area contributed by atoms with E-state index in [2.05, 4.69) is 44.2 Å². The van der Waals surface area contributed by atoms with Gasteiger partial charge in [-0.1, -0.05) is 110 Å². The molecule has 2 aromatic carbocycles. The lowest BCUT2D eigenvalue weighted by Crippen LogP contribution is -2.59. The van der Waals surface area contributed by atoms with Crippen LogP contribution in [-0.4, -0.2) is 166 Å². The molecule has 472 valence electrons. The van der Waals surface area contributed by atoms with Gasteiger partial charge in [0.05, 0.1) is 55.9 Å². The zero-order valence-corrected chi connectivity index (χ0v) is 52.7. The van der Waals surface area contributed by atoms with Crippen molar-refractivity contribution in [1.29, 1.82) is 0 Å². The van der Waals surface area contributed by atoms with Gasteiger partial charge in [0.2, 0.25) is 35.4 Å². The van der Waals surface area contributed by atoms with Crippen LogP contribution < -0.4 is 32.1 Å². The standard InChI is InChI=1S/C64H99N9O12/c1-14-41(6)57(72(11)63(80)55(39(2)3)69-62(79)56(40(4)5)71(9)10)52(82-12)36-54(75)73-34-22-27-51(73)58(83-13)42(7)59(76)68-50(35-44-23-18-17-19-24-44)61(78)70-85-37-45-28-30-46(31-29-45)67-60(77)43(8)66-53(74)32-33-65-64(81)84-38-49-47-25-20-15-16-21-26-48(47)49/h15-19,23-24,28-31,39-43,47-52,55-58H,14,20-22,25-27,32-38H2,1-13H3,(H,65,81)(H,66,74)(H,67,77)(H,68,76)(H,69,79)(H,70,78). The molecule has 5 rings (SSSR count). The lowest BCUT2D eigenvalue weighted by Gasteiger charge is -2.41. The lowest BCUT2D eigenvalue weighted by atomic mass is 9.89. The van der Waals surface area contributed by atoms with E-state index < -0.39 is 84.1 Å². The van der Waals surface area contributed by atoms with Gasteiger partial charge >= 0.3 is 6.09 Å². The molecule has 6 N–H and O–H groups in total. The van der Waals surface area contributed by atoms with Crippen molar-refractivity contribution in [3.05, 3.63) is 77.9 Å². The van der Waals surface area contributed by atoms with Crippen LogP contribution in [0.3, 0.4) is 0 Å². The first kappa shape index (κ1) is 69.4. The number of alkyl carbamates (subject to hydrolysis) is 1. The maximum Gasteiger partial charge on any atom is 0.407 e. The number of ether oxygens (including phenoxy) is 3. The number of carbonyl (C=O) groups is 8. The number of hydrogen-bond acceptors (Lipinski definition) is 13. The number of likely N-dealkylation sites (tertiary alicyclic amines) is 1. The second kappa shape index (κ2) is 34.1. The molecule has 1 aliphatic heterocycles. The second-order valence-corrected chi connectivity index (χ2v) is 24.3. The van der Waals surface area contributed by atoms with E-state index in [1.54, 1.807) is 55.0 Å². The number of nitrogens with one attached hydrogen (secondary N) is 6. The third-order valence-electron chi connectivity index (χ3n) is 17.3. The molecule has 2 fully saturated rings. The van der Waals surface area contributed by atoms with E-state index in [4.69, 9.17) is 19.0 Å². The summed E-state index contributed by atoms with van der Waals surface area (Å²) in [6.07, 6.45) is 8.80. The molecule has 2 aliphatic carbocycles. The van der Waals surface area contributed by atoms with Crippen LogP contribution in [0.5, 0.6) is 0 Å². The van der Waals surface area contributed by atoms with Crippen LogP contribution in [0.15, 0.2) is 66.7 Å². The van der Waals surface area contributed by atoms with Crippen molar-refractivity contribution in [2.75, 3.05) is 60.4 Å². The highest BCUT2D eigenvalue weighted by Crippen LogP contribution is 2.52. The van der Waals surface area contributed by atoms with E-state index in [-0.39, 0.29) is 67.9 Å². The minimum atomic E-state index is -1.06. The third-order valence-corrected chi connectivity index (χ3v) is 17.3. The molecule has 1 saturated heterocycles. The smallest absolute Gasteiger partial charge is 0.407 e. The highest BCUT2D eigenvalue weighted by molar-refractivity contribution is 5.97. The predicted octanol–water partition coefficient (Wildman–Crippen LogP) is 6.16. The monoisotopic (exact) mass is 1190 g/mol. The first-order valence-corrected chi connectivity index (χ1v) is 30.6. The Morgan fingerprint density at radius 1 is 0.729 bits per heavy atom. The predicted molar refractivity (Wildman–Crippen MR) is 325 cm³/mol. The number of hydroxylamine groups is 1. The van der Waals surface area contributed by atoms with Crippen molar-refractivity contribution in [2.24, 2.45) is 41.4 Å². The van der Waals surface area contributed by atoms with Gasteiger partial charge in [-0.15, -0.1) is 0 Å². The number of hydrogen-bond donors (Lipinski definition) is 6. The Labute approximate surface area is 504 Å². The number of fused-ring (bicyclic) bond motifs is 1. The first-order chi connectivity index (χ1) is 40.5. The molecule has 1 saturated carbocycles. The van der Waals surface area contributed by atoms with E-state index in [1.165, 1.54) is 14.2 Å². The first-order valence-electron chi connectivity index (χ1n) is 30.6. The van der Waals surface area contributed by atoms with Gasteiger partial charge in [-0.2, -0.15) is 0 Å². The summed E-state index contributed by atoms with van der Waals surface area (Å²) in [7, 11) is 8.43. The Kier molecular flexibility index (Phi) is 27.8. The molecular formula is C64H99N9O12. The van der Waals surface area contributed by atoms with Crippen molar-refractivity contribution in [3.8, 4) is 0 Å². The fourth-order valence-corrected chi connectivity index (χ4v) is 12.3. The molecule has 0 bridgehead atoms. The molecule has 21 nitrogen and oxygen atoms in total. The second-order valence-electron chi connectivity index (χ2n) is 24.3. The van der Waals surface area contributed by atoms with E-state index in [1.807, 2.05) is 90.9 Å². The van der Waals surface area contributed by atoms with Crippen molar-refractivity contribution in [2.45, 2.75) is 175 Å². The molecule has 1 heterocycles. The van der Waals surface area contributed by atoms with Gasteiger partial charge in [0, 0.05) is 52.9 Å². The van der Waals surface area contributed by atoms with Gasteiger partial charge in [-0.25, -0.2) is 10.3 Å². The quantitative estimate of drug-likeness (QED) is 0.0355. The summed E-state index contributed by atoms with van der Waals surface area (Å²) in [6, 6.07) is 11.8. The molecule has 8 amide bonds. The Balaban J connectivity index is 1.12. The van der Waals surface area contributed by atoms with Crippen LogP contribution in [0.4, 0.5) is 10.5 Å². The fourth-order valence-electron chi connectivity index (χ4n) is 12.3. The van der Waals surface area contributed by atoms with Crippen LogP contribution in [0.1, 0.15) is 124 Å². The molecule has 0 spiro atoms. The molecule has 2 aromatic rings. The Hall–Kier alpha value is -6.42.